The van der Waals surface area contributed by atoms with Gasteiger partial charge in [0.25, 0.3) is 0 Å². The van der Waals surface area contributed by atoms with Crippen LogP contribution in [0.2, 0.25) is 0 Å². The Morgan fingerprint density at radius 3 is 1.39 bits per heavy atom. The molecule has 0 fully saturated rings. The Morgan fingerprint density at radius 1 is 0.561 bits per heavy atom. The fourth-order valence-electron chi connectivity index (χ4n) is 3.77. The van der Waals surface area contributed by atoms with E-state index < -0.39 is 34.1 Å². The monoisotopic (exact) mass is 667 g/mol. The quantitative estimate of drug-likeness (QED) is 0.115. The maximum absolute atomic E-state index is 8.56. The molecule has 13 nitrogen and oxygen atoms in total. The fraction of sp³-hybridized carbons (Fsp3) is 0. The van der Waals surface area contributed by atoms with Gasteiger partial charge in [-0.2, -0.15) is 0 Å². The first-order chi connectivity index (χ1) is 19.0. The molecule has 3 atom stereocenters. The smallest absolute Gasteiger partial charge is 0.0814 e. The van der Waals surface area contributed by atoms with Crippen LogP contribution < -0.4 is 0 Å². The van der Waals surface area contributed by atoms with E-state index in [0.717, 1.165) is 56.0 Å². The number of nitrogens with one attached hydrogen (secondary N) is 2. The maximum Gasteiger partial charge on any atom is 0.0814 e. The first-order valence-electron chi connectivity index (χ1n) is 10.8. The summed E-state index contributed by atoms with van der Waals surface area (Å²) >= 11 is -8.58. The van der Waals surface area contributed by atoms with Gasteiger partial charge in [-0.15, -0.1) is 0 Å². The molecular formula is C24H19N4O9S3Zn-3. The van der Waals surface area contributed by atoms with Crippen LogP contribution in [0.25, 0.3) is 56.7 Å². The number of aromatic amines is 2. The predicted octanol–water partition coefficient (Wildman–Crippen LogP) is 3.83. The van der Waals surface area contributed by atoms with Gasteiger partial charge in [-0.3, -0.25) is 0 Å². The fourth-order valence-corrected chi connectivity index (χ4v) is 3.77. The van der Waals surface area contributed by atoms with E-state index in [2.05, 4.69) is 82.8 Å². The van der Waals surface area contributed by atoms with Crippen molar-refractivity contribution in [1.82, 2.24) is 19.9 Å². The Morgan fingerprint density at radius 2 is 0.927 bits per heavy atom. The zero-order chi connectivity index (χ0) is 29.2. The summed E-state index contributed by atoms with van der Waals surface area (Å²) in [6.07, 6.45) is 4.06. The summed E-state index contributed by atoms with van der Waals surface area (Å²) in [4.78, 5) is 16.5. The van der Waals surface area contributed by atoms with Crippen molar-refractivity contribution in [3.63, 3.8) is 0 Å². The second-order valence-electron chi connectivity index (χ2n) is 7.69. The third-order valence-electron chi connectivity index (χ3n) is 5.06. The first kappa shape index (κ1) is 34.1. The minimum Gasteiger partial charge on any atom is -0.750 e. The van der Waals surface area contributed by atoms with Gasteiger partial charge in [-0.1, -0.05) is 24.3 Å². The predicted molar refractivity (Wildman–Crippen MR) is 149 cm³/mol. The molecule has 41 heavy (non-hydrogen) atoms. The molecule has 5 N–H and O–H groups in total. The van der Waals surface area contributed by atoms with Crippen LogP contribution in [0.3, 0.4) is 0 Å². The summed E-state index contributed by atoms with van der Waals surface area (Å²) in [6.45, 7) is 0. The van der Waals surface area contributed by atoms with E-state index in [1.54, 1.807) is 0 Å². The van der Waals surface area contributed by atoms with Crippen molar-refractivity contribution in [2.45, 2.75) is 0 Å². The zero-order valence-electron chi connectivity index (χ0n) is 20.7. The van der Waals surface area contributed by atoms with Gasteiger partial charge in [-0.25, -0.2) is 22.6 Å². The van der Waals surface area contributed by atoms with Gasteiger partial charge in [0.05, 0.1) is 56.9 Å². The average molecular weight is 669 g/mol. The number of hydrogen-bond donors (Lipinski definition) is 5. The number of fused-ring (bicyclic) bond motifs is 11. The Bertz CT molecular complexity index is 1720. The maximum atomic E-state index is 8.56. The molecule has 17 heteroatoms. The van der Waals surface area contributed by atoms with Gasteiger partial charge in [-0.05, 0) is 60.7 Å². The van der Waals surface area contributed by atoms with E-state index >= 15 is 0 Å². The molecule has 212 valence electrons. The topological polar surface area (TPSA) is 238 Å². The van der Waals surface area contributed by atoms with E-state index in [9.17, 15) is 0 Å². The first-order valence-corrected chi connectivity index (χ1v) is 13.9. The molecule has 0 saturated carbocycles. The minimum atomic E-state index is -2.86. The number of hydrogen-bond acceptors (Lipinski definition) is 8. The van der Waals surface area contributed by atoms with Crippen LogP contribution in [-0.4, -0.2) is 59.9 Å². The largest absolute Gasteiger partial charge is 0.750 e. The summed E-state index contributed by atoms with van der Waals surface area (Å²) < 4.78 is 72.2. The third kappa shape index (κ3) is 11.4. The van der Waals surface area contributed by atoms with E-state index in [1.807, 2.05) is 12.2 Å². The van der Waals surface area contributed by atoms with E-state index in [-0.39, 0.29) is 19.5 Å². The van der Waals surface area contributed by atoms with Crippen molar-refractivity contribution < 1.29 is 59.4 Å². The average Bonchev–Trinajstić information content (AvgIpc) is 3.64. The van der Waals surface area contributed by atoms with Crippen molar-refractivity contribution in [3.05, 3.63) is 84.2 Å². The molecule has 2 aliphatic rings. The molecule has 2 aliphatic heterocycles. The molecular weight excluding hydrogens is 650 g/mol. The Balaban J connectivity index is 0.000000389. The molecule has 3 aromatic heterocycles. The third-order valence-corrected chi connectivity index (χ3v) is 5.06. The van der Waals surface area contributed by atoms with Gasteiger partial charge in [0.1, 0.15) is 0 Å². The molecule has 6 rings (SSSR count). The standard InChI is InChI=1S/C24H16N4.3H2O3S.Zn/c1-2-4-22-21(3-1)23-13-19-9-7-17(26-19)11-15-5-6-16(25-15)12-18-8-10-20(27-18)14-24(22)28-23;3*1-4(2)3;/h1-14,25-26H;3*(H2,1,2,3);/p-3. The van der Waals surface area contributed by atoms with Crippen LogP contribution in [-0.2, 0) is 53.6 Å². The second kappa shape index (κ2) is 16.4. The zero-order valence-corrected chi connectivity index (χ0v) is 26.1. The number of aromatic nitrogens is 4. The van der Waals surface area contributed by atoms with Gasteiger partial charge < -0.3 is 37.3 Å². The van der Waals surface area contributed by atoms with E-state index in [1.165, 1.54) is 0 Å². The SMILES string of the molecule is C1=Cc2cc3ccc(cc4ccc(cc5nc(cc1n2)-c1ccccc1-5)[nH]4)[nH]3.O=S([O-])O.O=S([O-])O.O=S([O-])O.[Zn]. The number of nitrogens with zero attached hydrogens (tertiary/aromatic N) is 2. The molecule has 0 amide bonds. The molecule has 0 radical (unpaired) electrons. The normalized spacial score (nSPS) is 12.8. The molecule has 0 aliphatic carbocycles. The van der Waals surface area contributed by atoms with Crippen LogP contribution in [0.1, 0.15) is 11.4 Å². The summed E-state index contributed by atoms with van der Waals surface area (Å²) in [7, 11) is 0. The van der Waals surface area contributed by atoms with Crippen molar-refractivity contribution >= 4 is 68.3 Å². The molecule has 1 aromatic carbocycles. The van der Waals surface area contributed by atoms with Crippen molar-refractivity contribution in [1.29, 1.82) is 0 Å². The number of H-pyrrole nitrogens is 2. The van der Waals surface area contributed by atoms with Crippen LogP contribution in [0.4, 0.5) is 0 Å². The summed E-state index contributed by atoms with van der Waals surface area (Å²) in [5.74, 6) is 0. The van der Waals surface area contributed by atoms with Gasteiger partial charge >= 0.3 is 0 Å². The van der Waals surface area contributed by atoms with Crippen molar-refractivity contribution in [2.75, 3.05) is 0 Å². The summed E-state index contributed by atoms with van der Waals surface area (Å²) in [6, 6.07) is 24.9. The second-order valence-corrected chi connectivity index (χ2v) is 8.99. The Hall–Kier alpha value is -3.09. The summed E-state index contributed by atoms with van der Waals surface area (Å²) in [5.41, 5.74) is 10.2. The van der Waals surface area contributed by atoms with E-state index in [0.29, 0.717) is 0 Å². The number of benzene rings is 1. The molecule has 4 aromatic rings. The van der Waals surface area contributed by atoms with E-state index in [4.69, 9.17) is 49.9 Å². The Labute approximate surface area is 253 Å². The van der Waals surface area contributed by atoms with Crippen LogP contribution in [0, 0.1) is 0 Å². The minimum absolute atomic E-state index is 0. The molecule has 3 unspecified atom stereocenters. The van der Waals surface area contributed by atoms with Crippen LogP contribution >= 0.6 is 0 Å². The van der Waals surface area contributed by atoms with Gasteiger partial charge in [0.15, 0.2) is 0 Å². The van der Waals surface area contributed by atoms with Gasteiger partial charge in [0.2, 0.25) is 0 Å². The van der Waals surface area contributed by atoms with Crippen LogP contribution in [0.5, 0.6) is 0 Å². The molecule has 5 heterocycles. The Kier molecular flexibility index (Phi) is 13.6. The molecule has 0 spiro atoms. The summed E-state index contributed by atoms with van der Waals surface area (Å²) in [5, 5.41) is 0. The van der Waals surface area contributed by atoms with Crippen LogP contribution in [0.15, 0.2) is 72.8 Å². The van der Waals surface area contributed by atoms with Crippen molar-refractivity contribution in [2.24, 2.45) is 0 Å². The number of rotatable bonds is 0. The van der Waals surface area contributed by atoms with Gasteiger partial charge in [0, 0.05) is 52.7 Å². The van der Waals surface area contributed by atoms with Crippen molar-refractivity contribution in [3.8, 4) is 22.5 Å². The molecule has 8 bridgehead atoms. The molecule has 0 saturated heterocycles.